The summed E-state index contributed by atoms with van der Waals surface area (Å²) >= 11 is 0. The van der Waals surface area contributed by atoms with Gasteiger partial charge in [0.1, 0.15) is 0 Å². The average molecular weight is 288 g/mol. The first-order valence-electron chi connectivity index (χ1n) is 6.97. The number of aryl methyl sites for hydroxylation is 1. The fourth-order valence-corrected chi connectivity index (χ4v) is 2.06. The van der Waals surface area contributed by atoms with E-state index >= 15 is 0 Å². The number of anilines is 1. The Balaban J connectivity index is 2.25. The quantitative estimate of drug-likeness (QED) is 0.698. The van der Waals surface area contributed by atoms with Gasteiger partial charge in [-0.15, -0.1) is 0 Å². The molecule has 1 aromatic heterocycles. The molecule has 0 saturated carbocycles. The highest BCUT2D eigenvalue weighted by molar-refractivity contribution is 6.00. The molecule has 1 amide bonds. The summed E-state index contributed by atoms with van der Waals surface area (Å²) in [6.45, 7) is 3.22. The van der Waals surface area contributed by atoms with Gasteiger partial charge in [0, 0.05) is 37.1 Å². The maximum atomic E-state index is 12.0. The van der Waals surface area contributed by atoms with Gasteiger partial charge in [-0.2, -0.15) is 5.10 Å². The monoisotopic (exact) mass is 288 g/mol. The lowest BCUT2D eigenvalue weighted by Crippen LogP contribution is -2.23. The molecule has 1 aromatic carbocycles. The van der Waals surface area contributed by atoms with Crippen molar-refractivity contribution in [3.8, 4) is 11.1 Å². The number of aliphatic hydroxyl groups excluding tert-OH is 1. The summed E-state index contributed by atoms with van der Waals surface area (Å²) in [6.07, 6.45) is 4.29. The molecule has 4 N–H and O–H groups in total. The highest BCUT2D eigenvalue weighted by Crippen LogP contribution is 2.23. The van der Waals surface area contributed by atoms with Crippen LogP contribution in [0, 0.1) is 0 Å². The third kappa shape index (κ3) is 3.61. The van der Waals surface area contributed by atoms with Crippen LogP contribution in [-0.2, 0) is 6.54 Å². The van der Waals surface area contributed by atoms with Crippen LogP contribution in [0.25, 0.3) is 11.1 Å². The fourth-order valence-electron chi connectivity index (χ4n) is 2.06. The Morgan fingerprint density at radius 1 is 1.43 bits per heavy atom. The maximum absolute atomic E-state index is 12.0. The molecule has 0 radical (unpaired) electrons. The van der Waals surface area contributed by atoms with E-state index in [1.165, 1.54) is 0 Å². The minimum absolute atomic E-state index is 0.137. The van der Waals surface area contributed by atoms with Crippen LogP contribution in [0.4, 0.5) is 5.69 Å². The van der Waals surface area contributed by atoms with Gasteiger partial charge in [-0.25, -0.2) is 0 Å². The predicted molar refractivity (Wildman–Crippen MR) is 81.8 cm³/mol. The van der Waals surface area contributed by atoms with Crippen molar-refractivity contribution in [3.05, 3.63) is 36.2 Å². The molecule has 0 atom stereocenters. The Kier molecular flexibility index (Phi) is 4.94. The number of hydrogen-bond acceptors (Lipinski definition) is 4. The van der Waals surface area contributed by atoms with Crippen LogP contribution in [0.15, 0.2) is 30.6 Å². The minimum atomic E-state index is -0.176. The molecule has 21 heavy (non-hydrogen) atoms. The number of carbonyl (C=O) groups excluding carboxylic acids is 1. The number of nitrogen functional groups attached to an aromatic ring is 1. The largest absolute Gasteiger partial charge is 0.398 e. The van der Waals surface area contributed by atoms with Crippen LogP contribution in [0.2, 0.25) is 0 Å². The topological polar surface area (TPSA) is 93.2 Å². The first kappa shape index (κ1) is 15.1. The van der Waals surface area contributed by atoms with Gasteiger partial charge >= 0.3 is 0 Å². The highest BCUT2D eigenvalue weighted by Gasteiger charge is 2.11. The molecule has 0 saturated heterocycles. The third-order valence-corrected chi connectivity index (χ3v) is 3.15. The van der Waals surface area contributed by atoms with Gasteiger partial charge in [-0.3, -0.25) is 9.48 Å². The molecule has 6 nitrogen and oxygen atoms in total. The van der Waals surface area contributed by atoms with Crippen molar-refractivity contribution in [3.63, 3.8) is 0 Å². The lowest BCUT2D eigenvalue weighted by Gasteiger charge is -2.07. The molecular formula is C15H20N4O2. The number of amides is 1. The van der Waals surface area contributed by atoms with E-state index < -0.39 is 0 Å². The summed E-state index contributed by atoms with van der Waals surface area (Å²) in [5.41, 5.74) is 8.59. The lowest BCUT2D eigenvalue weighted by atomic mass is 10.0. The van der Waals surface area contributed by atoms with Crippen molar-refractivity contribution in [2.24, 2.45) is 0 Å². The molecule has 0 fully saturated rings. The first-order chi connectivity index (χ1) is 10.2. The van der Waals surface area contributed by atoms with Crippen LogP contribution in [-0.4, -0.2) is 33.9 Å². The molecule has 2 rings (SSSR count). The number of carbonyl (C=O) groups is 1. The van der Waals surface area contributed by atoms with Gasteiger partial charge in [-0.05, 0) is 31.0 Å². The van der Waals surface area contributed by atoms with Crippen LogP contribution >= 0.6 is 0 Å². The number of nitrogens with one attached hydrogen (secondary N) is 1. The van der Waals surface area contributed by atoms with Gasteiger partial charge in [0.15, 0.2) is 0 Å². The molecule has 112 valence electrons. The second kappa shape index (κ2) is 6.90. The predicted octanol–water partition coefficient (Wildman–Crippen LogP) is 1.26. The highest BCUT2D eigenvalue weighted by atomic mass is 16.3. The molecule has 1 heterocycles. The van der Waals surface area contributed by atoms with Crippen LogP contribution < -0.4 is 11.1 Å². The summed E-state index contributed by atoms with van der Waals surface area (Å²) in [5, 5.41) is 15.8. The van der Waals surface area contributed by atoms with Gasteiger partial charge in [0.25, 0.3) is 5.91 Å². The standard InChI is InChI=1S/C15H20N4O2/c1-2-17-15(21)13-8-11(4-5-14(13)16)12-9-18-19(10-12)6-3-7-20/h4-5,8-10,20H,2-3,6-7,16H2,1H3,(H,17,21). The Morgan fingerprint density at radius 3 is 2.95 bits per heavy atom. The summed E-state index contributed by atoms with van der Waals surface area (Å²) in [7, 11) is 0. The Morgan fingerprint density at radius 2 is 2.24 bits per heavy atom. The molecule has 0 spiro atoms. The number of hydrogen-bond donors (Lipinski definition) is 3. The number of nitrogens with two attached hydrogens (primary N) is 1. The fraction of sp³-hybridized carbons (Fsp3) is 0.333. The molecular weight excluding hydrogens is 268 g/mol. The van der Waals surface area contributed by atoms with E-state index in [-0.39, 0.29) is 12.5 Å². The van der Waals surface area contributed by atoms with E-state index in [1.807, 2.05) is 19.2 Å². The lowest BCUT2D eigenvalue weighted by molar-refractivity contribution is 0.0956. The molecule has 0 unspecified atom stereocenters. The summed E-state index contributed by atoms with van der Waals surface area (Å²) in [5.74, 6) is -0.176. The summed E-state index contributed by atoms with van der Waals surface area (Å²) in [6, 6.07) is 5.37. The zero-order valence-electron chi connectivity index (χ0n) is 12.0. The Labute approximate surface area is 123 Å². The maximum Gasteiger partial charge on any atom is 0.253 e. The Hall–Kier alpha value is -2.34. The van der Waals surface area contributed by atoms with Gasteiger partial charge in [0.05, 0.1) is 11.8 Å². The van der Waals surface area contributed by atoms with Crippen molar-refractivity contribution < 1.29 is 9.90 Å². The zero-order chi connectivity index (χ0) is 15.2. The van der Waals surface area contributed by atoms with Crippen molar-refractivity contribution in [2.75, 3.05) is 18.9 Å². The molecule has 6 heteroatoms. The summed E-state index contributed by atoms with van der Waals surface area (Å²) in [4.78, 5) is 12.0. The van der Waals surface area contributed by atoms with Crippen molar-refractivity contribution >= 4 is 11.6 Å². The molecule has 0 aliphatic rings. The van der Waals surface area contributed by atoms with E-state index in [0.717, 1.165) is 11.1 Å². The SMILES string of the molecule is CCNC(=O)c1cc(-c2cnn(CCCO)c2)ccc1N. The number of aliphatic hydroxyl groups is 1. The van der Waals surface area contributed by atoms with Crippen LogP contribution in [0.5, 0.6) is 0 Å². The minimum Gasteiger partial charge on any atom is -0.398 e. The van der Waals surface area contributed by atoms with Crippen molar-refractivity contribution in [1.82, 2.24) is 15.1 Å². The van der Waals surface area contributed by atoms with E-state index in [4.69, 9.17) is 10.8 Å². The van der Waals surface area contributed by atoms with Crippen molar-refractivity contribution in [2.45, 2.75) is 19.9 Å². The molecule has 2 aromatic rings. The molecule has 0 aliphatic carbocycles. The number of rotatable bonds is 6. The zero-order valence-corrected chi connectivity index (χ0v) is 12.0. The van der Waals surface area contributed by atoms with Crippen LogP contribution in [0.1, 0.15) is 23.7 Å². The van der Waals surface area contributed by atoms with E-state index in [1.54, 1.807) is 23.0 Å². The number of aromatic nitrogens is 2. The third-order valence-electron chi connectivity index (χ3n) is 3.15. The first-order valence-corrected chi connectivity index (χ1v) is 6.97. The normalized spacial score (nSPS) is 10.6. The van der Waals surface area contributed by atoms with Gasteiger partial charge < -0.3 is 16.2 Å². The van der Waals surface area contributed by atoms with E-state index in [9.17, 15) is 4.79 Å². The molecule has 0 aliphatic heterocycles. The number of benzene rings is 1. The second-order valence-corrected chi connectivity index (χ2v) is 4.73. The van der Waals surface area contributed by atoms with Crippen molar-refractivity contribution in [1.29, 1.82) is 0 Å². The van der Waals surface area contributed by atoms with Gasteiger partial charge in [-0.1, -0.05) is 6.07 Å². The smallest absolute Gasteiger partial charge is 0.253 e. The summed E-state index contributed by atoms with van der Waals surface area (Å²) < 4.78 is 1.77. The van der Waals surface area contributed by atoms with Crippen LogP contribution in [0.3, 0.4) is 0 Å². The number of nitrogens with zero attached hydrogens (tertiary/aromatic N) is 2. The van der Waals surface area contributed by atoms with E-state index in [0.29, 0.717) is 30.8 Å². The Bertz CT molecular complexity index is 622. The second-order valence-electron chi connectivity index (χ2n) is 4.73. The van der Waals surface area contributed by atoms with E-state index in [2.05, 4.69) is 10.4 Å². The van der Waals surface area contributed by atoms with Gasteiger partial charge in [0.2, 0.25) is 0 Å². The average Bonchev–Trinajstić information content (AvgIpc) is 2.94. The molecule has 0 bridgehead atoms.